The Morgan fingerprint density at radius 2 is 1.92 bits per heavy atom. The van der Waals surface area contributed by atoms with Crippen LogP contribution in [0.5, 0.6) is 0 Å². The maximum atomic E-state index is 14.6. The average molecular weight is 520 g/mol. The Morgan fingerprint density at radius 1 is 1.14 bits per heavy atom. The highest BCUT2D eigenvalue weighted by Gasteiger charge is 2.30. The van der Waals surface area contributed by atoms with Crippen LogP contribution in [0.2, 0.25) is 5.02 Å². The number of halogens is 3. The Morgan fingerprint density at radius 3 is 2.61 bits per heavy atom. The van der Waals surface area contributed by atoms with Crippen molar-refractivity contribution in [2.45, 2.75) is 69.6 Å². The quantitative estimate of drug-likeness (QED) is 0.379. The van der Waals surface area contributed by atoms with Crippen LogP contribution in [0.3, 0.4) is 0 Å². The number of aromatic nitrogens is 4. The summed E-state index contributed by atoms with van der Waals surface area (Å²) in [6.07, 6.45) is 6.99. The molecule has 2 heterocycles. The van der Waals surface area contributed by atoms with Gasteiger partial charge in [0.25, 0.3) is 0 Å². The minimum absolute atomic E-state index is 0.0540. The molecule has 0 spiro atoms. The molecule has 0 saturated heterocycles. The molecule has 2 fully saturated rings. The smallest absolute Gasteiger partial charge is 0.224 e. The van der Waals surface area contributed by atoms with Gasteiger partial charge >= 0.3 is 0 Å². The van der Waals surface area contributed by atoms with Crippen molar-refractivity contribution in [3.63, 3.8) is 0 Å². The lowest BCUT2D eigenvalue weighted by Crippen LogP contribution is -2.30. The molecule has 192 valence electrons. The van der Waals surface area contributed by atoms with E-state index in [-0.39, 0.29) is 40.7 Å². The highest BCUT2D eigenvalue weighted by molar-refractivity contribution is 6.33. The maximum Gasteiger partial charge on any atom is 0.224 e. The number of rotatable bonds is 6. The van der Waals surface area contributed by atoms with Gasteiger partial charge in [0.2, 0.25) is 17.8 Å². The van der Waals surface area contributed by atoms with E-state index < -0.39 is 11.6 Å². The van der Waals surface area contributed by atoms with Crippen molar-refractivity contribution >= 4 is 46.3 Å². The molecule has 5 N–H and O–H groups in total. The van der Waals surface area contributed by atoms with Crippen molar-refractivity contribution < 1.29 is 18.7 Å². The van der Waals surface area contributed by atoms with Crippen LogP contribution >= 0.6 is 11.6 Å². The summed E-state index contributed by atoms with van der Waals surface area (Å²) >= 11 is 6.13. The third kappa shape index (κ3) is 5.08. The number of fused-ring (bicyclic) bond motifs is 1. The zero-order chi connectivity index (χ0) is 25.4. The fourth-order valence-electron chi connectivity index (χ4n) is 5.26. The summed E-state index contributed by atoms with van der Waals surface area (Å²) in [4.78, 5) is 25.4. The molecule has 2 aromatic heterocycles. The van der Waals surface area contributed by atoms with Crippen LogP contribution in [0.4, 0.5) is 26.4 Å². The average Bonchev–Trinajstić information content (AvgIpc) is 3.18. The molecule has 0 aliphatic heterocycles. The second-order valence-corrected chi connectivity index (χ2v) is 10.1. The number of nitrogens with two attached hydrogens (primary N) is 1. The van der Waals surface area contributed by atoms with E-state index in [2.05, 4.69) is 20.6 Å². The van der Waals surface area contributed by atoms with Gasteiger partial charge in [-0.1, -0.05) is 11.6 Å². The molecule has 3 aromatic rings. The van der Waals surface area contributed by atoms with Crippen LogP contribution in [0.1, 0.15) is 57.4 Å². The summed E-state index contributed by atoms with van der Waals surface area (Å²) in [6.45, 7) is 0. The fraction of sp³-hybridized carbons (Fsp3) is 0.500. The number of benzene rings is 1. The zero-order valence-electron chi connectivity index (χ0n) is 19.6. The number of carbonyl (C=O) groups is 1. The molecule has 2 aliphatic rings. The number of amides is 1. The maximum absolute atomic E-state index is 14.6. The Labute approximate surface area is 211 Å². The Bertz CT molecular complexity index is 1260. The minimum atomic E-state index is -0.847. The second kappa shape index (κ2) is 10.1. The molecule has 9 nitrogen and oxygen atoms in total. The number of hydrogen-bond donors (Lipinski definition) is 4. The summed E-state index contributed by atoms with van der Waals surface area (Å²) in [7, 11) is 0. The van der Waals surface area contributed by atoms with Gasteiger partial charge in [0, 0.05) is 24.1 Å². The molecular weight excluding hydrogens is 492 g/mol. The molecule has 0 radical (unpaired) electrons. The largest absolute Gasteiger partial charge is 0.393 e. The molecule has 12 heteroatoms. The van der Waals surface area contributed by atoms with Crippen LogP contribution in [-0.4, -0.2) is 42.7 Å². The number of nitrogens with one attached hydrogen (secondary N) is 2. The molecule has 2 atom stereocenters. The van der Waals surface area contributed by atoms with Gasteiger partial charge in [0.05, 0.1) is 23.0 Å². The van der Waals surface area contributed by atoms with Gasteiger partial charge in [-0.2, -0.15) is 4.98 Å². The zero-order valence-corrected chi connectivity index (χ0v) is 20.3. The number of aliphatic hydroxyl groups is 1. The molecule has 0 bridgehead atoms. The van der Waals surface area contributed by atoms with Gasteiger partial charge in [0.1, 0.15) is 11.3 Å². The van der Waals surface area contributed by atoms with Crippen LogP contribution in [0, 0.1) is 17.6 Å². The van der Waals surface area contributed by atoms with E-state index in [0.29, 0.717) is 55.2 Å². The second-order valence-electron chi connectivity index (χ2n) is 9.65. The highest BCUT2D eigenvalue weighted by atomic mass is 35.5. The lowest BCUT2D eigenvalue weighted by atomic mass is 9.85. The Hall–Kier alpha value is -3.05. The van der Waals surface area contributed by atoms with Crippen LogP contribution in [0.25, 0.3) is 11.2 Å². The van der Waals surface area contributed by atoms with Gasteiger partial charge < -0.3 is 21.5 Å². The number of imidazole rings is 1. The summed E-state index contributed by atoms with van der Waals surface area (Å²) in [5, 5.41) is 16.1. The van der Waals surface area contributed by atoms with Crippen LogP contribution in [-0.2, 0) is 4.79 Å². The SMILES string of the molecule is NC(=O)C1CCC(n2c(Nc3c(F)cc(F)cc3Cl)nc3cnc(N[C@@H]4CCCC(O)C4)nc32)CC1. The van der Waals surface area contributed by atoms with E-state index in [0.717, 1.165) is 31.4 Å². The molecule has 36 heavy (non-hydrogen) atoms. The Balaban J connectivity index is 1.51. The number of anilines is 3. The molecule has 1 amide bonds. The first-order valence-electron chi connectivity index (χ1n) is 12.2. The minimum Gasteiger partial charge on any atom is -0.393 e. The van der Waals surface area contributed by atoms with E-state index in [1.54, 1.807) is 6.20 Å². The topological polar surface area (TPSA) is 131 Å². The van der Waals surface area contributed by atoms with Crippen molar-refractivity contribution in [3.8, 4) is 0 Å². The number of primary amides is 1. The normalized spacial score (nSPS) is 24.6. The molecule has 2 aliphatic carbocycles. The van der Waals surface area contributed by atoms with Gasteiger partial charge in [0.15, 0.2) is 11.5 Å². The third-order valence-corrected chi connectivity index (χ3v) is 7.42. The van der Waals surface area contributed by atoms with Gasteiger partial charge in [-0.25, -0.2) is 18.7 Å². The van der Waals surface area contributed by atoms with E-state index in [9.17, 15) is 18.7 Å². The van der Waals surface area contributed by atoms with E-state index >= 15 is 0 Å². The molecule has 1 aromatic carbocycles. The van der Waals surface area contributed by atoms with Crippen molar-refractivity contribution in [2.75, 3.05) is 10.6 Å². The summed E-state index contributed by atoms with van der Waals surface area (Å²) in [5.74, 6) is -1.44. The molecule has 1 unspecified atom stereocenters. The third-order valence-electron chi connectivity index (χ3n) is 7.12. The lowest BCUT2D eigenvalue weighted by Gasteiger charge is -2.29. The van der Waals surface area contributed by atoms with Crippen molar-refractivity contribution in [2.24, 2.45) is 11.7 Å². The summed E-state index contributed by atoms with van der Waals surface area (Å²) in [5.41, 5.74) is 6.44. The molecular formula is C24H28ClF2N7O2. The predicted octanol–water partition coefficient (Wildman–Crippen LogP) is 4.43. The first kappa shape index (κ1) is 24.6. The lowest BCUT2D eigenvalue weighted by molar-refractivity contribution is -0.122. The monoisotopic (exact) mass is 519 g/mol. The van der Waals surface area contributed by atoms with Gasteiger partial charge in [-0.3, -0.25) is 9.36 Å². The summed E-state index contributed by atoms with van der Waals surface area (Å²) < 4.78 is 30.1. The van der Waals surface area contributed by atoms with Crippen LogP contribution in [0.15, 0.2) is 18.3 Å². The van der Waals surface area contributed by atoms with Crippen molar-refractivity contribution in [1.29, 1.82) is 0 Å². The standard InChI is InChI=1S/C24H28ClF2N7O2/c25-17-8-13(26)9-18(27)20(17)32-24-31-19-11-29-23(30-14-2-1-3-16(35)10-14)33-22(19)34(24)15-6-4-12(5-7-15)21(28)36/h8-9,11-12,14-16,35H,1-7,10H2,(H2,28,36)(H,31,32)(H,29,30,33)/t12?,14-,15?,16?/m1/s1. The number of nitrogens with zero attached hydrogens (tertiary/aromatic N) is 4. The predicted molar refractivity (Wildman–Crippen MR) is 132 cm³/mol. The Kier molecular flexibility index (Phi) is 6.94. The van der Waals surface area contributed by atoms with Crippen LogP contribution < -0.4 is 16.4 Å². The van der Waals surface area contributed by atoms with E-state index in [4.69, 9.17) is 22.3 Å². The van der Waals surface area contributed by atoms with Crippen molar-refractivity contribution in [3.05, 3.63) is 35.0 Å². The van der Waals surface area contributed by atoms with E-state index in [1.807, 2.05) is 4.57 Å². The van der Waals surface area contributed by atoms with E-state index in [1.165, 1.54) is 0 Å². The molecule has 2 saturated carbocycles. The first-order valence-corrected chi connectivity index (χ1v) is 12.6. The summed E-state index contributed by atoms with van der Waals surface area (Å²) in [6, 6.07) is 1.74. The highest BCUT2D eigenvalue weighted by Crippen LogP contribution is 2.38. The molecule has 5 rings (SSSR count). The first-order chi connectivity index (χ1) is 17.3. The number of hydrogen-bond acceptors (Lipinski definition) is 7. The number of carbonyl (C=O) groups excluding carboxylic acids is 1. The van der Waals surface area contributed by atoms with Gasteiger partial charge in [-0.05, 0) is 57.4 Å². The number of aliphatic hydroxyl groups excluding tert-OH is 1. The van der Waals surface area contributed by atoms with Gasteiger partial charge in [-0.15, -0.1) is 0 Å². The van der Waals surface area contributed by atoms with Crippen molar-refractivity contribution in [1.82, 2.24) is 19.5 Å². The fourth-order valence-corrected chi connectivity index (χ4v) is 5.51.